The smallest absolute Gasteiger partial charge is 0.200 e. The monoisotopic (exact) mass is 303 g/mol. The van der Waals surface area contributed by atoms with Crippen LogP contribution in [0.2, 0.25) is 0 Å². The molecule has 0 aliphatic rings. The van der Waals surface area contributed by atoms with Crippen LogP contribution in [0.4, 0.5) is 22.0 Å². The van der Waals surface area contributed by atoms with E-state index in [-0.39, 0.29) is 0 Å². The van der Waals surface area contributed by atoms with E-state index < -0.39 is 46.7 Å². The molecule has 0 aliphatic heterocycles. The Balaban J connectivity index is 2.52. The molecule has 0 spiro atoms. The molecule has 112 valence electrons. The van der Waals surface area contributed by atoms with E-state index in [0.717, 1.165) is 0 Å². The van der Waals surface area contributed by atoms with E-state index in [1.54, 1.807) is 0 Å². The fourth-order valence-electron chi connectivity index (χ4n) is 1.98. The minimum atomic E-state index is -2.25. The van der Waals surface area contributed by atoms with Crippen LogP contribution in [0.5, 0.6) is 0 Å². The van der Waals surface area contributed by atoms with Gasteiger partial charge in [-0.15, -0.1) is 0 Å². The molecule has 2 aromatic rings. The maximum Gasteiger partial charge on any atom is 0.200 e. The highest BCUT2D eigenvalue weighted by molar-refractivity contribution is 5.29. The van der Waals surface area contributed by atoms with E-state index in [2.05, 4.69) is 4.98 Å². The first-order valence-electron chi connectivity index (χ1n) is 5.95. The summed E-state index contributed by atoms with van der Waals surface area (Å²) in [6.45, 7) is 1.40. The maximum absolute atomic E-state index is 13.6. The highest BCUT2D eigenvalue weighted by Crippen LogP contribution is 2.35. The Hall–Kier alpha value is -2.02. The van der Waals surface area contributed by atoms with Crippen molar-refractivity contribution >= 4 is 0 Å². The highest BCUT2D eigenvalue weighted by Gasteiger charge is 2.32. The molecule has 2 nitrogen and oxygen atoms in total. The number of aliphatic hydroxyl groups excluding tert-OH is 1. The Kier molecular flexibility index (Phi) is 4.22. The van der Waals surface area contributed by atoms with Crippen molar-refractivity contribution in [3.05, 3.63) is 64.7 Å². The lowest BCUT2D eigenvalue weighted by Gasteiger charge is -2.21. The van der Waals surface area contributed by atoms with Gasteiger partial charge >= 0.3 is 0 Å². The predicted octanol–water partition coefficient (Wildman–Crippen LogP) is 3.61. The molecule has 1 aromatic carbocycles. The summed E-state index contributed by atoms with van der Waals surface area (Å²) in [5.41, 5.74) is -0.794. The van der Waals surface area contributed by atoms with Crippen molar-refractivity contribution < 1.29 is 27.1 Å². The van der Waals surface area contributed by atoms with E-state index in [1.807, 2.05) is 0 Å². The molecule has 1 heterocycles. The van der Waals surface area contributed by atoms with Crippen molar-refractivity contribution in [2.45, 2.75) is 18.9 Å². The van der Waals surface area contributed by atoms with Crippen molar-refractivity contribution in [3.63, 3.8) is 0 Å². The topological polar surface area (TPSA) is 33.1 Å². The number of halogens is 5. The molecule has 0 saturated heterocycles. The minimum Gasteiger partial charge on any atom is -0.388 e. The zero-order chi connectivity index (χ0) is 15.7. The van der Waals surface area contributed by atoms with Crippen molar-refractivity contribution in [2.75, 3.05) is 0 Å². The Morgan fingerprint density at radius 1 is 0.857 bits per heavy atom. The molecule has 7 heteroatoms. The van der Waals surface area contributed by atoms with Gasteiger partial charge in [0.05, 0.1) is 11.7 Å². The summed E-state index contributed by atoms with van der Waals surface area (Å²) < 4.78 is 66.5. The van der Waals surface area contributed by atoms with Crippen LogP contribution in [0.1, 0.15) is 30.1 Å². The van der Waals surface area contributed by atoms with Gasteiger partial charge in [0.1, 0.15) is 0 Å². The Bertz CT molecular complexity index is 633. The summed E-state index contributed by atoms with van der Waals surface area (Å²) in [5.74, 6) is -11.4. The summed E-state index contributed by atoms with van der Waals surface area (Å²) in [6, 6.07) is 2.94. The maximum atomic E-state index is 13.6. The van der Waals surface area contributed by atoms with Crippen molar-refractivity contribution in [2.24, 2.45) is 0 Å². The van der Waals surface area contributed by atoms with Crippen LogP contribution in [0.3, 0.4) is 0 Å². The minimum absolute atomic E-state index is 0.446. The quantitative estimate of drug-likeness (QED) is 0.534. The Morgan fingerprint density at radius 3 is 1.76 bits per heavy atom. The third kappa shape index (κ3) is 2.61. The van der Waals surface area contributed by atoms with Crippen molar-refractivity contribution in [1.82, 2.24) is 4.98 Å². The van der Waals surface area contributed by atoms with Crippen LogP contribution in [0.15, 0.2) is 24.5 Å². The number of hydrogen-bond acceptors (Lipinski definition) is 2. The van der Waals surface area contributed by atoms with Crippen molar-refractivity contribution in [1.29, 1.82) is 0 Å². The van der Waals surface area contributed by atoms with E-state index in [9.17, 15) is 27.1 Å². The SMILES string of the molecule is CC(c1ccncc1)C(O)c1c(F)c(F)c(F)c(F)c1F. The molecule has 2 unspecified atom stereocenters. The number of rotatable bonds is 3. The van der Waals surface area contributed by atoms with E-state index in [0.29, 0.717) is 5.56 Å². The number of nitrogens with zero attached hydrogens (tertiary/aromatic N) is 1. The number of aliphatic hydroxyl groups is 1. The molecule has 0 saturated carbocycles. The van der Waals surface area contributed by atoms with E-state index >= 15 is 0 Å². The summed E-state index contributed by atoms with van der Waals surface area (Å²) in [4.78, 5) is 3.74. The molecular formula is C14H10F5NO. The van der Waals surface area contributed by atoms with Gasteiger partial charge in [-0.3, -0.25) is 4.98 Å². The van der Waals surface area contributed by atoms with Crippen LogP contribution < -0.4 is 0 Å². The molecule has 2 rings (SSSR count). The second-order valence-electron chi connectivity index (χ2n) is 4.50. The molecule has 1 aromatic heterocycles. The molecule has 21 heavy (non-hydrogen) atoms. The van der Waals surface area contributed by atoms with Crippen LogP contribution in [0.25, 0.3) is 0 Å². The highest BCUT2D eigenvalue weighted by atomic mass is 19.2. The van der Waals surface area contributed by atoms with Crippen molar-refractivity contribution in [3.8, 4) is 0 Å². The van der Waals surface area contributed by atoms with E-state index in [4.69, 9.17) is 0 Å². The first-order valence-corrected chi connectivity index (χ1v) is 5.95. The average Bonchev–Trinajstić information content (AvgIpc) is 2.51. The van der Waals surface area contributed by atoms with Crippen LogP contribution in [0, 0.1) is 29.1 Å². The van der Waals surface area contributed by atoms with Gasteiger partial charge in [0, 0.05) is 18.3 Å². The molecule has 0 bridgehead atoms. The van der Waals surface area contributed by atoms with Gasteiger partial charge in [0.25, 0.3) is 0 Å². The molecular weight excluding hydrogens is 293 g/mol. The van der Waals surface area contributed by atoms with E-state index in [1.165, 1.54) is 31.5 Å². The average molecular weight is 303 g/mol. The first-order chi connectivity index (χ1) is 9.86. The van der Waals surface area contributed by atoms with Gasteiger partial charge in [0.15, 0.2) is 23.3 Å². The lowest BCUT2D eigenvalue weighted by molar-refractivity contribution is 0.138. The number of hydrogen-bond donors (Lipinski definition) is 1. The second kappa shape index (κ2) is 5.77. The Morgan fingerprint density at radius 2 is 1.29 bits per heavy atom. The standard InChI is InChI=1S/C14H10F5NO/c1-6(7-2-4-20-5-3-7)14(21)8-9(15)11(17)13(19)12(18)10(8)16/h2-6,14,21H,1H3. The normalized spacial score (nSPS) is 14.0. The molecule has 0 amide bonds. The molecule has 2 atom stereocenters. The molecule has 1 N–H and O–H groups in total. The third-order valence-electron chi connectivity index (χ3n) is 3.25. The van der Waals surface area contributed by atoms with Gasteiger partial charge in [-0.1, -0.05) is 6.92 Å². The zero-order valence-corrected chi connectivity index (χ0v) is 10.7. The molecule has 0 radical (unpaired) electrons. The summed E-state index contributed by atoms with van der Waals surface area (Å²) in [7, 11) is 0. The lowest BCUT2D eigenvalue weighted by Crippen LogP contribution is -2.16. The predicted molar refractivity (Wildman–Crippen MR) is 63.8 cm³/mol. The third-order valence-corrected chi connectivity index (χ3v) is 3.25. The van der Waals surface area contributed by atoms with Crippen LogP contribution in [-0.4, -0.2) is 10.1 Å². The summed E-state index contributed by atoms with van der Waals surface area (Å²) in [5, 5.41) is 9.99. The van der Waals surface area contributed by atoms with Gasteiger partial charge < -0.3 is 5.11 Å². The first kappa shape index (κ1) is 15.4. The number of pyridine rings is 1. The fourth-order valence-corrected chi connectivity index (χ4v) is 1.98. The van der Waals surface area contributed by atoms with Crippen LogP contribution >= 0.6 is 0 Å². The zero-order valence-electron chi connectivity index (χ0n) is 10.7. The van der Waals surface area contributed by atoms with Gasteiger partial charge in [-0.25, -0.2) is 22.0 Å². The fraction of sp³-hybridized carbons (Fsp3) is 0.214. The van der Waals surface area contributed by atoms with Gasteiger partial charge in [0.2, 0.25) is 5.82 Å². The van der Waals surface area contributed by atoms with Gasteiger partial charge in [-0.05, 0) is 17.7 Å². The summed E-state index contributed by atoms with van der Waals surface area (Å²) >= 11 is 0. The largest absolute Gasteiger partial charge is 0.388 e. The Labute approximate surface area is 116 Å². The number of aromatic nitrogens is 1. The second-order valence-corrected chi connectivity index (χ2v) is 4.50. The lowest BCUT2D eigenvalue weighted by atomic mass is 9.90. The molecule has 0 fully saturated rings. The molecule has 0 aliphatic carbocycles. The van der Waals surface area contributed by atoms with Crippen LogP contribution in [-0.2, 0) is 0 Å². The van der Waals surface area contributed by atoms with Gasteiger partial charge in [-0.2, -0.15) is 0 Å². The number of benzene rings is 1. The summed E-state index contributed by atoms with van der Waals surface area (Å²) in [6.07, 6.45) is 0.880.